The van der Waals surface area contributed by atoms with E-state index in [-0.39, 0.29) is 11.2 Å². The molecule has 7 heteroatoms. The van der Waals surface area contributed by atoms with Gasteiger partial charge in [-0.2, -0.15) is 5.10 Å². The molecule has 0 spiro atoms. The third-order valence-corrected chi connectivity index (χ3v) is 5.15. The summed E-state index contributed by atoms with van der Waals surface area (Å²) in [5.41, 5.74) is 4.18. The molecule has 0 saturated carbocycles. The first-order valence-electron chi connectivity index (χ1n) is 8.19. The molecular weight excluding hydrogens is 372 g/mol. The molecule has 136 valence electrons. The minimum atomic E-state index is -0.284. The first-order valence-corrected chi connectivity index (χ1v) is 9.45. The van der Waals surface area contributed by atoms with Crippen molar-refractivity contribution in [2.24, 2.45) is 5.10 Å². The van der Waals surface area contributed by atoms with Gasteiger partial charge in [0, 0.05) is 15.5 Å². The summed E-state index contributed by atoms with van der Waals surface area (Å²) in [4.78, 5) is 13.2. The van der Waals surface area contributed by atoms with Crippen LogP contribution in [0.1, 0.15) is 19.4 Å². The Morgan fingerprint density at radius 1 is 1.15 bits per heavy atom. The van der Waals surface area contributed by atoms with Crippen LogP contribution in [0.5, 0.6) is 11.5 Å². The molecule has 1 N–H and O–H groups in total. The van der Waals surface area contributed by atoms with Gasteiger partial charge >= 0.3 is 0 Å². The van der Waals surface area contributed by atoms with E-state index in [1.165, 1.54) is 11.8 Å². The summed E-state index contributed by atoms with van der Waals surface area (Å²) < 4.78 is 11.1. The predicted molar refractivity (Wildman–Crippen MR) is 105 cm³/mol. The number of nitrogens with one attached hydrogen (secondary N) is 1. The number of benzene rings is 2. The minimum Gasteiger partial charge on any atom is -0.486 e. The first-order chi connectivity index (χ1) is 12.5. The van der Waals surface area contributed by atoms with Gasteiger partial charge in [-0.1, -0.05) is 11.6 Å². The monoisotopic (exact) mass is 390 g/mol. The predicted octanol–water partition coefficient (Wildman–Crippen LogP) is 4.13. The van der Waals surface area contributed by atoms with E-state index in [2.05, 4.69) is 10.5 Å². The van der Waals surface area contributed by atoms with Crippen LogP contribution in [0.25, 0.3) is 0 Å². The van der Waals surface area contributed by atoms with Crippen LogP contribution in [-0.4, -0.2) is 30.1 Å². The highest BCUT2D eigenvalue weighted by atomic mass is 35.5. The lowest BCUT2D eigenvalue weighted by molar-refractivity contribution is -0.120. The molecule has 26 heavy (non-hydrogen) atoms. The van der Waals surface area contributed by atoms with Crippen molar-refractivity contribution >= 4 is 35.0 Å². The van der Waals surface area contributed by atoms with E-state index >= 15 is 0 Å². The zero-order valence-electron chi connectivity index (χ0n) is 14.5. The molecule has 0 saturated heterocycles. The normalized spacial score (nSPS) is 14.7. The van der Waals surface area contributed by atoms with Crippen LogP contribution in [-0.2, 0) is 4.79 Å². The first kappa shape index (κ1) is 18.6. The highest BCUT2D eigenvalue weighted by molar-refractivity contribution is 8.00. The molecule has 1 heterocycles. The van der Waals surface area contributed by atoms with Crippen molar-refractivity contribution in [2.75, 3.05) is 13.2 Å². The summed E-state index contributed by atoms with van der Waals surface area (Å²) in [7, 11) is 0. The SMILES string of the molecule is C/C(=N\NC(=O)C(C)Sc1ccc(Cl)cc1)c1ccc2c(c1)OCCO2. The molecule has 1 unspecified atom stereocenters. The number of hydrazone groups is 1. The van der Waals surface area contributed by atoms with Gasteiger partial charge in [0.1, 0.15) is 13.2 Å². The average molecular weight is 391 g/mol. The van der Waals surface area contributed by atoms with Crippen LogP contribution in [0, 0.1) is 0 Å². The fraction of sp³-hybridized carbons (Fsp3) is 0.263. The van der Waals surface area contributed by atoms with Crippen molar-refractivity contribution in [1.29, 1.82) is 0 Å². The molecule has 1 aliphatic heterocycles. The van der Waals surface area contributed by atoms with Crippen LogP contribution in [0.2, 0.25) is 5.02 Å². The average Bonchev–Trinajstić information content (AvgIpc) is 2.67. The van der Waals surface area contributed by atoms with Gasteiger partial charge in [-0.05, 0) is 56.3 Å². The quantitative estimate of drug-likeness (QED) is 0.473. The summed E-state index contributed by atoms with van der Waals surface area (Å²) in [5, 5.41) is 4.59. The van der Waals surface area contributed by atoms with Gasteiger partial charge in [0.25, 0.3) is 5.91 Å². The van der Waals surface area contributed by atoms with Gasteiger partial charge < -0.3 is 9.47 Å². The number of hydrogen-bond acceptors (Lipinski definition) is 5. The Morgan fingerprint density at radius 2 is 1.85 bits per heavy atom. The lowest BCUT2D eigenvalue weighted by Crippen LogP contribution is -2.27. The van der Waals surface area contributed by atoms with Gasteiger partial charge in [-0.25, -0.2) is 5.43 Å². The largest absolute Gasteiger partial charge is 0.486 e. The highest BCUT2D eigenvalue weighted by Crippen LogP contribution is 2.31. The topological polar surface area (TPSA) is 59.9 Å². The Kier molecular flexibility index (Phi) is 6.06. The Labute approximate surface area is 161 Å². The number of ether oxygens (including phenoxy) is 2. The molecule has 0 fully saturated rings. The summed E-state index contributed by atoms with van der Waals surface area (Å²) in [6.45, 7) is 4.76. The Morgan fingerprint density at radius 3 is 2.58 bits per heavy atom. The lowest BCUT2D eigenvalue weighted by atomic mass is 10.1. The number of hydrogen-bond donors (Lipinski definition) is 1. The number of carbonyl (C=O) groups excluding carboxylic acids is 1. The van der Waals surface area contributed by atoms with E-state index in [1.54, 1.807) is 12.1 Å². The van der Waals surface area contributed by atoms with Crippen molar-refractivity contribution in [2.45, 2.75) is 24.0 Å². The summed E-state index contributed by atoms with van der Waals surface area (Å²) in [5.74, 6) is 1.26. The number of rotatable bonds is 5. The second kappa shape index (κ2) is 8.47. The third kappa shape index (κ3) is 4.71. The number of thioether (sulfide) groups is 1. The molecule has 2 aromatic rings. The molecule has 5 nitrogen and oxygen atoms in total. The second-order valence-electron chi connectivity index (χ2n) is 5.75. The van der Waals surface area contributed by atoms with Crippen molar-refractivity contribution in [3.63, 3.8) is 0 Å². The molecule has 0 radical (unpaired) electrons. The second-order valence-corrected chi connectivity index (χ2v) is 7.60. The van der Waals surface area contributed by atoms with Gasteiger partial charge in [0.05, 0.1) is 11.0 Å². The third-order valence-electron chi connectivity index (χ3n) is 3.79. The molecule has 0 bridgehead atoms. The van der Waals surface area contributed by atoms with E-state index in [4.69, 9.17) is 21.1 Å². The van der Waals surface area contributed by atoms with Crippen LogP contribution in [0.3, 0.4) is 0 Å². The van der Waals surface area contributed by atoms with Crippen molar-refractivity contribution in [3.05, 3.63) is 53.1 Å². The summed E-state index contributed by atoms with van der Waals surface area (Å²) in [6, 6.07) is 13.0. The van der Waals surface area contributed by atoms with Gasteiger partial charge in [-0.3, -0.25) is 4.79 Å². The zero-order valence-corrected chi connectivity index (χ0v) is 16.1. The molecular formula is C19H19ClN2O3S. The summed E-state index contributed by atoms with van der Waals surface area (Å²) in [6.07, 6.45) is 0. The van der Waals surface area contributed by atoms with Crippen LogP contribution in [0.4, 0.5) is 0 Å². The Hall–Kier alpha value is -2.18. The van der Waals surface area contributed by atoms with E-state index in [9.17, 15) is 4.79 Å². The number of carbonyl (C=O) groups is 1. The zero-order chi connectivity index (χ0) is 18.5. The molecule has 1 aliphatic rings. The maximum Gasteiger partial charge on any atom is 0.253 e. The maximum atomic E-state index is 12.3. The molecule has 3 rings (SSSR count). The van der Waals surface area contributed by atoms with Crippen molar-refractivity contribution in [1.82, 2.24) is 5.43 Å². The number of amides is 1. The van der Waals surface area contributed by atoms with E-state index in [0.29, 0.717) is 29.7 Å². The Balaban J connectivity index is 1.60. The number of nitrogens with zero attached hydrogens (tertiary/aromatic N) is 1. The van der Waals surface area contributed by atoms with E-state index in [1.807, 2.05) is 44.2 Å². The van der Waals surface area contributed by atoms with Crippen LogP contribution >= 0.6 is 23.4 Å². The molecule has 0 aliphatic carbocycles. The smallest absolute Gasteiger partial charge is 0.253 e. The van der Waals surface area contributed by atoms with Crippen LogP contribution in [0.15, 0.2) is 52.5 Å². The van der Waals surface area contributed by atoms with Crippen LogP contribution < -0.4 is 14.9 Å². The van der Waals surface area contributed by atoms with E-state index < -0.39 is 0 Å². The summed E-state index contributed by atoms with van der Waals surface area (Å²) >= 11 is 7.32. The standard InChI is InChI=1S/C19H19ClN2O3S/c1-12(14-3-8-17-18(11-14)25-10-9-24-17)21-22-19(23)13(2)26-16-6-4-15(20)5-7-16/h3-8,11,13H,9-10H2,1-2H3,(H,22,23)/b21-12+. The van der Waals surface area contributed by atoms with Gasteiger partial charge in [0.2, 0.25) is 0 Å². The van der Waals surface area contributed by atoms with Crippen molar-refractivity contribution in [3.8, 4) is 11.5 Å². The maximum absolute atomic E-state index is 12.3. The number of halogens is 1. The lowest BCUT2D eigenvalue weighted by Gasteiger charge is -2.18. The minimum absolute atomic E-state index is 0.165. The molecule has 1 amide bonds. The van der Waals surface area contributed by atoms with Gasteiger partial charge in [0.15, 0.2) is 11.5 Å². The fourth-order valence-electron chi connectivity index (χ4n) is 2.33. The van der Waals surface area contributed by atoms with E-state index in [0.717, 1.165) is 16.2 Å². The fourth-order valence-corrected chi connectivity index (χ4v) is 3.32. The number of fused-ring (bicyclic) bond motifs is 1. The highest BCUT2D eigenvalue weighted by Gasteiger charge is 2.15. The molecule has 2 aromatic carbocycles. The van der Waals surface area contributed by atoms with Crippen molar-refractivity contribution < 1.29 is 14.3 Å². The molecule has 1 atom stereocenters. The van der Waals surface area contributed by atoms with Gasteiger partial charge in [-0.15, -0.1) is 11.8 Å². The molecule has 0 aromatic heterocycles. The Bertz CT molecular complexity index is 824.